The molecule has 7 heteroatoms. The van der Waals surface area contributed by atoms with E-state index >= 15 is 0 Å². The van der Waals surface area contributed by atoms with Gasteiger partial charge in [0.25, 0.3) is 11.5 Å². The van der Waals surface area contributed by atoms with Crippen molar-refractivity contribution in [2.24, 2.45) is 0 Å². The molecule has 1 atom stereocenters. The number of ether oxygens (including phenoxy) is 1. The number of aryl methyl sites for hydroxylation is 1. The largest absolute Gasteiger partial charge is 0.453 e. The molecule has 150 valence electrons. The van der Waals surface area contributed by atoms with Crippen LogP contribution in [0.4, 0.5) is 5.69 Å². The Kier molecular flexibility index (Phi) is 5.83. The number of carbonyl (C=O) groups is 2. The third-order valence-corrected chi connectivity index (χ3v) is 5.31. The van der Waals surface area contributed by atoms with Crippen LogP contribution in [0.5, 0.6) is 0 Å². The normalized spacial score (nSPS) is 13.5. The van der Waals surface area contributed by atoms with Gasteiger partial charge in [0.15, 0.2) is 6.10 Å². The molecule has 1 aromatic heterocycles. The molecule has 1 aliphatic heterocycles. The van der Waals surface area contributed by atoms with Crippen molar-refractivity contribution >= 4 is 17.6 Å². The minimum Gasteiger partial charge on any atom is -0.453 e. The van der Waals surface area contributed by atoms with Gasteiger partial charge in [-0.2, -0.15) is 5.26 Å². The van der Waals surface area contributed by atoms with E-state index in [2.05, 4.69) is 4.98 Å². The van der Waals surface area contributed by atoms with Gasteiger partial charge in [0.05, 0.1) is 0 Å². The zero-order valence-corrected chi connectivity index (χ0v) is 16.7. The Labute approximate surface area is 168 Å². The maximum absolute atomic E-state index is 12.7. The average molecular weight is 393 g/mol. The maximum Gasteiger partial charge on any atom is 0.306 e. The summed E-state index contributed by atoms with van der Waals surface area (Å²) in [7, 11) is 0. The number of aromatic nitrogens is 1. The highest BCUT2D eigenvalue weighted by molar-refractivity contribution is 5.99. The number of amides is 1. The quantitative estimate of drug-likeness (QED) is 0.785. The molecule has 0 bridgehead atoms. The molecular weight excluding hydrogens is 370 g/mol. The van der Waals surface area contributed by atoms with Gasteiger partial charge in [-0.05, 0) is 56.4 Å². The molecule has 7 nitrogen and oxygen atoms in total. The van der Waals surface area contributed by atoms with Gasteiger partial charge < -0.3 is 14.6 Å². The fourth-order valence-corrected chi connectivity index (χ4v) is 3.74. The summed E-state index contributed by atoms with van der Waals surface area (Å²) in [5.74, 6) is -0.742. The van der Waals surface area contributed by atoms with E-state index in [4.69, 9.17) is 10.00 Å². The van der Waals surface area contributed by atoms with Crippen molar-refractivity contribution in [2.75, 3.05) is 11.4 Å². The first-order chi connectivity index (χ1) is 13.8. The van der Waals surface area contributed by atoms with Gasteiger partial charge in [0.2, 0.25) is 0 Å². The van der Waals surface area contributed by atoms with Crippen molar-refractivity contribution in [1.29, 1.82) is 5.26 Å². The topological polar surface area (TPSA) is 103 Å². The molecule has 1 amide bonds. The SMILES string of the molecule is Cc1[nH]c(=O)c(C#N)c(C)c1CCC(=O)OC(C)C(=O)N1CCc2ccccc21. The molecule has 2 heterocycles. The average Bonchev–Trinajstić information content (AvgIpc) is 3.11. The fraction of sp³-hybridized carbons (Fsp3) is 0.364. The van der Waals surface area contributed by atoms with Gasteiger partial charge in [-0.25, -0.2) is 0 Å². The summed E-state index contributed by atoms with van der Waals surface area (Å²) >= 11 is 0. The number of hydrogen-bond donors (Lipinski definition) is 1. The number of carbonyl (C=O) groups excluding carboxylic acids is 2. The number of esters is 1. The molecule has 0 fully saturated rings. The van der Waals surface area contributed by atoms with Crippen LogP contribution in [0.25, 0.3) is 0 Å². The Morgan fingerprint density at radius 1 is 1.31 bits per heavy atom. The van der Waals surface area contributed by atoms with E-state index in [-0.39, 0.29) is 17.9 Å². The predicted molar refractivity (Wildman–Crippen MR) is 108 cm³/mol. The van der Waals surface area contributed by atoms with Gasteiger partial charge in [0, 0.05) is 24.3 Å². The molecule has 0 aliphatic carbocycles. The number of H-pyrrole nitrogens is 1. The van der Waals surface area contributed by atoms with Crippen molar-refractivity contribution in [3.05, 3.63) is 62.6 Å². The Morgan fingerprint density at radius 2 is 2.03 bits per heavy atom. The lowest BCUT2D eigenvalue weighted by Gasteiger charge is -2.21. The molecule has 1 aliphatic rings. The number of benzene rings is 1. The van der Waals surface area contributed by atoms with Crippen molar-refractivity contribution in [3.63, 3.8) is 0 Å². The number of pyridine rings is 1. The van der Waals surface area contributed by atoms with Crippen LogP contribution in [0.1, 0.15) is 41.3 Å². The van der Waals surface area contributed by atoms with E-state index in [1.165, 1.54) is 0 Å². The van der Waals surface area contributed by atoms with Crippen LogP contribution in [-0.4, -0.2) is 29.5 Å². The summed E-state index contributed by atoms with van der Waals surface area (Å²) in [6, 6.07) is 9.60. The molecule has 2 aromatic rings. The van der Waals surface area contributed by atoms with Gasteiger partial charge in [-0.3, -0.25) is 14.4 Å². The highest BCUT2D eigenvalue weighted by Gasteiger charge is 2.29. The number of fused-ring (bicyclic) bond motifs is 1. The van der Waals surface area contributed by atoms with Gasteiger partial charge >= 0.3 is 5.97 Å². The molecule has 0 saturated carbocycles. The second-order valence-electron chi connectivity index (χ2n) is 7.17. The van der Waals surface area contributed by atoms with Gasteiger partial charge in [-0.1, -0.05) is 18.2 Å². The van der Waals surface area contributed by atoms with Crippen molar-refractivity contribution in [2.45, 2.75) is 46.1 Å². The second-order valence-corrected chi connectivity index (χ2v) is 7.17. The second kappa shape index (κ2) is 8.31. The van der Waals surface area contributed by atoms with Crippen LogP contribution in [0, 0.1) is 25.2 Å². The van der Waals surface area contributed by atoms with Gasteiger partial charge in [0.1, 0.15) is 11.6 Å². The van der Waals surface area contributed by atoms with Crippen molar-refractivity contribution in [1.82, 2.24) is 4.98 Å². The van der Waals surface area contributed by atoms with E-state index < -0.39 is 17.6 Å². The van der Waals surface area contributed by atoms with Gasteiger partial charge in [-0.15, -0.1) is 0 Å². The number of para-hydroxylation sites is 1. The Hall–Kier alpha value is -3.40. The summed E-state index contributed by atoms with van der Waals surface area (Å²) in [5.41, 5.74) is 3.52. The van der Waals surface area contributed by atoms with Crippen LogP contribution in [0.2, 0.25) is 0 Å². The minimum absolute atomic E-state index is 0.0484. The molecule has 29 heavy (non-hydrogen) atoms. The first-order valence-electron chi connectivity index (χ1n) is 9.54. The number of nitriles is 1. The Morgan fingerprint density at radius 3 is 2.76 bits per heavy atom. The Balaban J connectivity index is 1.63. The number of nitrogens with zero attached hydrogens (tertiary/aromatic N) is 2. The highest BCUT2D eigenvalue weighted by atomic mass is 16.5. The zero-order valence-electron chi connectivity index (χ0n) is 16.7. The van der Waals surface area contributed by atoms with Crippen LogP contribution in [0.15, 0.2) is 29.1 Å². The molecular formula is C22H23N3O4. The summed E-state index contributed by atoms with van der Waals surface area (Å²) in [4.78, 5) is 41.1. The molecule has 1 N–H and O–H groups in total. The minimum atomic E-state index is -0.888. The third-order valence-electron chi connectivity index (χ3n) is 5.31. The number of rotatable bonds is 5. The molecule has 0 spiro atoms. The third kappa shape index (κ3) is 4.06. The van der Waals surface area contributed by atoms with E-state index in [0.717, 1.165) is 23.2 Å². The lowest BCUT2D eigenvalue weighted by molar-refractivity contribution is -0.153. The monoisotopic (exact) mass is 393 g/mol. The number of hydrogen-bond acceptors (Lipinski definition) is 5. The lowest BCUT2D eigenvalue weighted by Crippen LogP contribution is -2.39. The zero-order chi connectivity index (χ0) is 21.1. The summed E-state index contributed by atoms with van der Waals surface area (Å²) in [5, 5.41) is 9.14. The maximum atomic E-state index is 12.7. The molecule has 0 radical (unpaired) electrons. The Bertz CT molecular complexity index is 1060. The number of aromatic amines is 1. The van der Waals surface area contributed by atoms with Crippen LogP contribution >= 0.6 is 0 Å². The molecule has 0 saturated heterocycles. The van der Waals surface area contributed by atoms with Crippen LogP contribution in [0.3, 0.4) is 0 Å². The first kappa shape index (κ1) is 20.3. The van der Waals surface area contributed by atoms with E-state index in [0.29, 0.717) is 24.2 Å². The van der Waals surface area contributed by atoms with E-state index in [9.17, 15) is 14.4 Å². The van der Waals surface area contributed by atoms with Crippen LogP contribution in [-0.2, 0) is 27.2 Å². The highest BCUT2D eigenvalue weighted by Crippen LogP contribution is 2.28. The lowest BCUT2D eigenvalue weighted by atomic mass is 9.99. The molecule has 1 aromatic carbocycles. The number of nitrogens with one attached hydrogen (secondary N) is 1. The summed E-state index contributed by atoms with van der Waals surface area (Å²) in [6.45, 7) is 5.57. The number of anilines is 1. The molecule has 3 rings (SSSR count). The van der Waals surface area contributed by atoms with Crippen LogP contribution < -0.4 is 10.5 Å². The summed E-state index contributed by atoms with van der Waals surface area (Å²) in [6.07, 6.45) is 0.262. The summed E-state index contributed by atoms with van der Waals surface area (Å²) < 4.78 is 5.35. The van der Waals surface area contributed by atoms with E-state index in [1.807, 2.05) is 30.3 Å². The first-order valence-corrected chi connectivity index (χ1v) is 9.54. The van der Waals surface area contributed by atoms with E-state index in [1.54, 1.807) is 25.7 Å². The molecule has 1 unspecified atom stereocenters. The van der Waals surface area contributed by atoms with Crippen molar-refractivity contribution in [3.8, 4) is 6.07 Å². The van der Waals surface area contributed by atoms with Crippen molar-refractivity contribution < 1.29 is 14.3 Å². The fourth-order valence-electron chi connectivity index (χ4n) is 3.74. The standard InChI is InChI=1S/C22H23N3O4/c1-13-17(14(2)24-21(27)18(13)12-23)8-9-20(26)29-15(3)22(28)25-11-10-16-6-4-5-7-19(16)25/h4-7,15H,8-11H2,1-3H3,(H,24,27). The predicted octanol–water partition coefficient (Wildman–Crippen LogP) is 2.32. The smallest absolute Gasteiger partial charge is 0.306 e.